The van der Waals surface area contributed by atoms with Crippen LogP contribution in [0.2, 0.25) is 0 Å². The Balaban J connectivity index is 1.86. The molecular weight excluding hydrogens is 302 g/mol. The van der Waals surface area contributed by atoms with Gasteiger partial charge in [-0.25, -0.2) is 0 Å². The van der Waals surface area contributed by atoms with Gasteiger partial charge in [-0.2, -0.15) is 0 Å². The zero-order valence-electron chi connectivity index (χ0n) is 13.7. The first-order valence-corrected chi connectivity index (χ1v) is 8.47. The van der Waals surface area contributed by atoms with Gasteiger partial charge in [0, 0.05) is 16.5 Å². The molecule has 0 unspecified atom stereocenters. The predicted molar refractivity (Wildman–Crippen MR) is 105 cm³/mol. The number of nitrogens with zero attached hydrogens (tertiary/aromatic N) is 1. The highest BCUT2D eigenvalue weighted by molar-refractivity contribution is 6.10. The molecule has 0 aliphatic heterocycles. The topological polar surface area (TPSA) is 4.93 Å². The van der Waals surface area contributed by atoms with Gasteiger partial charge < -0.3 is 4.57 Å². The Labute approximate surface area is 146 Å². The van der Waals surface area contributed by atoms with E-state index in [1.165, 1.54) is 38.6 Å². The fraction of sp³-hybridized carbons (Fsp3) is 0. The van der Waals surface area contributed by atoms with E-state index in [4.69, 9.17) is 0 Å². The maximum atomic E-state index is 3.17. The summed E-state index contributed by atoms with van der Waals surface area (Å²) in [7, 11) is 0. The lowest BCUT2D eigenvalue weighted by Gasteiger charge is -2.08. The normalized spacial score (nSPS) is 11.2. The van der Waals surface area contributed by atoms with E-state index in [1.807, 2.05) is 18.2 Å². The second-order valence-corrected chi connectivity index (χ2v) is 6.21. The summed E-state index contributed by atoms with van der Waals surface area (Å²) in [6, 6.07) is 37.2. The summed E-state index contributed by atoms with van der Waals surface area (Å²) in [5.74, 6) is 0. The SMILES string of the molecule is [c]1cccc(-c2ccc3c(c2)c2ccccc2n3-c2ccccc2)c1. The molecule has 0 aliphatic carbocycles. The predicted octanol–water partition coefficient (Wildman–Crippen LogP) is 6.25. The number of hydrogen-bond acceptors (Lipinski definition) is 0. The van der Waals surface area contributed by atoms with E-state index in [0.717, 1.165) is 0 Å². The Kier molecular flexibility index (Phi) is 3.17. The van der Waals surface area contributed by atoms with Crippen LogP contribution in [-0.2, 0) is 0 Å². The monoisotopic (exact) mass is 318 g/mol. The van der Waals surface area contributed by atoms with Crippen LogP contribution in [-0.4, -0.2) is 4.57 Å². The van der Waals surface area contributed by atoms with E-state index in [0.29, 0.717) is 0 Å². The number of benzene rings is 4. The first kappa shape index (κ1) is 14.1. The summed E-state index contributed by atoms with van der Waals surface area (Å²) >= 11 is 0. The Morgan fingerprint density at radius 2 is 1.40 bits per heavy atom. The summed E-state index contributed by atoms with van der Waals surface area (Å²) in [6.45, 7) is 0. The Morgan fingerprint density at radius 3 is 2.24 bits per heavy atom. The highest BCUT2D eigenvalue weighted by Crippen LogP contribution is 2.34. The molecule has 0 atom stereocenters. The molecule has 1 radical (unpaired) electrons. The Morgan fingerprint density at radius 1 is 0.600 bits per heavy atom. The second kappa shape index (κ2) is 5.64. The molecule has 1 nitrogen and oxygen atoms in total. The summed E-state index contributed by atoms with van der Waals surface area (Å²) in [5, 5.41) is 2.56. The molecule has 5 aromatic rings. The van der Waals surface area contributed by atoms with E-state index in [2.05, 4.69) is 89.5 Å². The standard InChI is InChI=1S/C24H16N/c1-3-9-18(10-4-1)19-15-16-24-22(17-19)21-13-7-8-14-23(21)25(24)20-11-5-2-6-12-20/h1-3,5-17H. The van der Waals surface area contributed by atoms with Gasteiger partial charge in [0.25, 0.3) is 0 Å². The fourth-order valence-corrected chi connectivity index (χ4v) is 3.58. The lowest BCUT2D eigenvalue weighted by Crippen LogP contribution is -1.92. The molecule has 0 aliphatic rings. The first-order chi connectivity index (χ1) is 12.4. The van der Waals surface area contributed by atoms with Crippen molar-refractivity contribution in [3.63, 3.8) is 0 Å². The largest absolute Gasteiger partial charge is 0.309 e. The van der Waals surface area contributed by atoms with Crippen molar-refractivity contribution in [3.05, 3.63) is 103 Å². The average molecular weight is 318 g/mol. The van der Waals surface area contributed by atoms with Crippen LogP contribution in [0.25, 0.3) is 38.6 Å². The molecule has 0 amide bonds. The van der Waals surface area contributed by atoms with Crippen LogP contribution in [0, 0.1) is 6.07 Å². The number of aromatic nitrogens is 1. The zero-order chi connectivity index (χ0) is 16.6. The van der Waals surface area contributed by atoms with E-state index in [-0.39, 0.29) is 0 Å². The van der Waals surface area contributed by atoms with Crippen molar-refractivity contribution in [2.75, 3.05) is 0 Å². The maximum absolute atomic E-state index is 3.17. The summed E-state index contributed by atoms with van der Waals surface area (Å²) in [6.07, 6.45) is 0. The first-order valence-electron chi connectivity index (χ1n) is 8.47. The van der Waals surface area contributed by atoms with E-state index < -0.39 is 0 Å². The maximum Gasteiger partial charge on any atom is 0.0541 e. The van der Waals surface area contributed by atoms with E-state index in [9.17, 15) is 0 Å². The number of para-hydroxylation sites is 2. The second-order valence-electron chi connectivity index (χ2n) is 6.21. The summed E-state index contributed by atoms with van der Waals surface area (Å²) in [5.41, 5.74) is 6.08. The molecule has 1 aromatic heterocycles. The highest BCUT2D eigenvalue weighted by Gasteiger charge is 2.12. The average Bonchev–Trinajstić information content (AvgIpc) is 3.03. The van der Waals surface area contributed by atoms with Crippen molar-refractivity contribution in [2.45, 2.75) is 0 Å². The molecular formula is C24H16N. The fourth-order valence-electron chi connectivity index (χ4n) is 3.58. The van der Waals surface area contributed by atoms with Crippen LogP contribution in [0.1, 0.15) is 0 Å². The molecule has 0 saturated carbocycles. The Hall–Kier alpha value is -3.32. The number of fused-ring (bicyclic) bond motifs is 3. The molecule has 4 aromatic carbocycles. The van der Waals surface area contributed by atoms with Gasteiger partial charge in [-0.1, -0.05) is 60.7 Å². The number of rotatable bonds is 2. The zero-order valence-corrected chi connectivity index (χ0v) is 13.7. The molecule has 0 saturated heterocycles. The Bertz CT molecular complexity index is 1170. The van der Waals surface area contributed by atoms with Gasteiger partial charge in [-0.05, 0) is 53.6 Å². The van der Waals surface area contributed by atoms with E-state index >= 15 is 0 Å². The van der Waals surface area contributed by atoms with Crippen molar-refractivity contribution in [1.29, 1.82) is 0 Å². The van der Waals surface area contributed by atoms with Crippen LogP contribution < -0.4 is 0 Å². The lowest BCUT2D eigenvalue weighted by atomic mass is 10.0. The lowest BCUT2D eigenvalue weighted by molar-refractivity contribution is 1.18. The van der Waals surface area contributed by atoms with Gasteiger partial charge in [-0.3, -0.25) is 0 Å². The summed E-state index contributed by atoms with van der Waals surface area (Å²) < 4.78 is 2.34. The molecule has 1 heteroatoms. The van der Waals surface area contributed by atoms with E-state index in [1.54, 1.807) is 0 Å². The van der Waals surface area contributed by atoms with Crippen molar-refractivity contribution in [2.24, 2.45) is 0 Å². The minimum absolute atomic E-state index is 1.19. The van der Waals surface area contributed by atoms with Gasteiger partial charge in [-0.15, -0.1) is 0 Å². The van der Waals surface area contributed by atoms with Crippen molar-refractivity contribution < 1.29 is 0 Å². The quantitative estimate of drug-likeness (QED) is 0.362. The molecule has 0 spiro atoms. The van der Waals surface area contributed by atoms with Crippen molar-refractivity contribution in [3.8, 4) is 16.8 Å². The van der Waals surface area contributed by atoms with Gasteiger partial charge >= 0.3 is 0 Å². The highest BCUT2D eigenvalue weighted by atomic mass is 15.0. The third-order valence-electron chi connectivity index (χ3n) is 4.73. The minimum atomic E-state index is 1.19. The van der Waals surface area contributed by atoms with Crippen LogP contribution in [0.4, 0.5) is 0 Å². The molecule has 5 rings (SSSR count). The number of hydrogen-bond donors (Lipinski definition) is 0. The summed E-state index contributed by atoms with van der Waals surface area (Å²) in [4.78, 5) is 0. The molecule has 117 valence electrons. The molecule has 1 heterocycles. The third-order valence-corrected chi connectivity index (χ3v) is 4.73. The van der Waals surface area contributed by atoms with Crippen LogP contribution in [0.5, 0.6) is 0 Å². The molecule has 25 heavy (non-hydrogen) atoms. The van der Waals surface area contributed by atoms with Gasteiger partial charge in [0.2, 0.25) is 0 Å². The van der Waals surface area contributed by atoms with Crippen LogP contribution in [0.3, 0.4) is 0 Å². The van der Waals surface area contributed by atoms with Crippen LogP contribution >= 0.6 is 0 Å². The molecule has 0 fully saturated rings. The van der Waals surface area contributed by atoms with Gasteiger partial charge in [0.05, 0.1) is 11.0 Å². The van der Waals surface area contributed by atoms with Crippen molar-refractivity contribution in [1.82, 2.24) is 4.57 Å². The molecule has 0 bridgehead atoms. The van der Waals surface area contributed by atoms with Crippen molar-refractivity contribution >= 4 is 21.8 Å². The van der Waals surface area contributed by atoms with Gasteiger partial charge in [0.1, 0.15) is 0 Å². The van der Waals surface area contributed by atoms with Gasteiger partial charge in [0.15, 0.2) is 0 Å². The third kappa shape index (κ3) is 2.25. The van der Waals surface area contributed by atoms with Crippen LogP contribution in [0.15, 0.2) is 97.1 Å². The molecule has 0 N–H and O–H groups in total. The smallest absolute Gasteiger partial charge is 0.0541 e. The minimum Gasteiger partial charge on any atom is -0.309 e.